The fraction of sp³-hybridized carbons (Fsp3) is 0.417. The quantitative estimate of drug-likeness (QED) is 0.394. The van der Waals surface area contributed by atoms with Crippen molar-refractivity contribution in [1.82, 2.24) is 14.8 Å². The molecule has 2 saturated heterocycles. The van der Waals surface area contributed by atoms with Crippen LogP contribution in [0.3, 0.4) is 0 Å². The minimum atomic E-state index is -0.426. The molecule has 1 amide bonds. The molecule has 1 aromatic heterocycles. The number of non-ortho nitro benzene ring substituents is 1. The molecule has 2 fully saturated rings. The SMILES string of the molecule is O=C(/C=C/c1ccc([N+](=O)[O-])cc1)N1CCCC(CN2CCN(c3ccccn3)CC2)C1. The topological polar surface area (TPSA) is 82.8 Å². The number of piperazine rings is 1. The first-order valence-corrected chi connectivity index (χ1v) is 11.2. The molecule has 0 saturated carbocycles. The number of nitro benzene ring substituents is 1. The molecule has 0 aliphatic carbocycles. The van der Waals surface area contributed by atoms with Gasteiger partial charge in [0.25, 0.3) is 5.69 Å². The van der Waals surface area contributed by atoms with Gasteiger partial charge in [-0.3, -0.25) is 19.8 Å². The van der Waals surface area contributed by atoms with Gasteiger partial charge in [0.05, 0.1) is 4.92 Å². The number of rotatable bonds is 6. The number of nitrogens with zero attached hydrogens (tertiary/aromatic N) is 5. The van der Waals surface area contributed by atoms with Crippen molar-refractivity contribution >= 4 is 23.5 Å². The third-order valence-electron chi connectivity index (χ3n) is 6.21. The summed E-state index contributed by atoms with van der Waals surface area (Å²) in [7, 11) is 0. The summed E-state index contributed by atoms with van der Waals surface area (Å²) in [6, 6.07) is 12.3. The Morgan fingerprint density at radius 3 is 2.56 bits per heavy atom. The van der Waals surface area contributed by atoms with Gasteiger partial charge in [-0.25, -0.2) is 4.98 Å². The summed E-state index contributed by atoms with van der Waals surface area (Å²) < 4.78 is 0. The Balaban J connectivity index is 1.25. The summed E-state index contributed by atoms with van der Waals surface area (Å²) in [4.78, 5) is 34.2. The van der Waals surface area contributed by atoms with Crippen LogP contribution in [0.2, 0.25) is 0 Å². The van der Waals surface area contributed by atoms with E-state index in [0.29, 0.717) is 5.92 Å². The highest BCUT2D eigenvalue weighted by Crippen LogP contribution is 2.20. The molecule has 32 heavy (non-hydrogen) atoms. The Hall–Kier alpha value is -3.26. The number of aromatic nitrogens is 1. The number of likely N-dealkylation sites (tertiary alicyclic amines) is 1. The van der Waals surface area contributed by atoms with E-state index in [2.05, 4.69) is 20.9 Å². The molecular weight excluding hydrogens is 406 g/mol. The number of carbonyl (C=O) groups is 1. The van der Waals surface area contributed by atoms with Crippen molar-refractivity contribution in [3.05, 3.63) is 70.4 Å². The van der Waals surface area contributed by atoms with Crippen LogP contribution in [0.15, 0.2) is 54.7 Å². The summed E-state index contributed by atoms with van der Waals surface area (Å²) in [5, 5.41) is 10.8. The van der Waals surface area contributed by atoms with E-state index in [1.165, 1.54) is 12.1 Å². The third-order valence-corrected chi connectivity index (χ3v) is 6.21. The van der Waals surface area contributed by atoms with E-state index in [1.807, 2.05) is 23.2 Å². The zero-order valence-corrected chi connectivity index (χ0v) is 18.2. The lowest BCUT2D eigenvalue weighted by Crippen LogP contribution is -2.50. The average Bonchev–Trinajstić information content (AvgIpc) is 2.84. The molecule has 2 aromatic rings. The number of pyridine rings is 1. The lowest BCUT2D eigenvalue weighted by Gasteiger charge is -2.39. The minimum absolute atomic E-state index is 0.00743. The number of anilines is 1. The van der Waals surface area contributed by atoms with Crippen molar-refractivity contribution in [3.8, 4) is 0 Å². The smallest absolute Gasteiger partial charge is 0.269 e. The van der Waals surface area contributed by atoms with Crippen LogP contribution >= 0.6 is 0 Å². The first-order chi connectivity index (χ1) is 15.6. The van der Waals surface area contributed by atoms with Gasteiger partial charge in [-0.05, 0) is 54.7 Å². The predicted octanol–water partition coefficient (Wildman–Crippen LogP) is 3.06. The van der Waals surface area contributed by atoms with Crippen LogP contribution in [0.4, 0.5) is 11.5 Å². The third kappa shape index (κ3) is 5.70. The van der Waals surface area contributed by atoms with Gasteiger partial charge in [-0.15, -0.1) is 0 Å². The van der Waals surface area contributed by atoms with Crippen molar-refractivity contribution in [2.45, 2.75) is 12.8 Å². The lowest BCUT2D eigenvalue weighted by atomic mass is 9.97. The number of hydrogen-bond donors (Lipinski definition) is 0. The Labute approximate surface area is 188 Å². The maximum atomic E-state index is 12.7. The second-order valence-electron chi connectivity index (χ2n) is 8.45. The van der Waals surface area contributed by atoms with E-state index >= 15 is 0 Å². The van der Waals surface area contributed by atoms with Gasteiger partial charge in [0.2, 0.25) is 5.91 Å². The van der Waals surface area contributed by atoms with Crippen LogP contribution < -0.4 is 4.90 Å². The summed E-state index contributed by atoms with van der Waals surface area (Å²) >= 11 is 0. The second-order valence-corrected chi connectivity index (χ2v) is 8.45. The van der Waals surface area contributed by atoms with Gasteiger partial charge in [-0.2, -0.15) is 0 Å². The molecule has 8 nitrogen and oxygen atoms in total. The van der Waals surface area contributed by atoms with Gasteiger partial charge in [0.1, 0.15) is 5.82 Å². The van der Waals surface area contributed by atoms with Crippen LogP contribution in [0.25, 0.3) is 6.08 Å². The largest absolute Gasteiger partial charge is 0.354 e. The lowest BCUT2D eigenvalue weighted by molar-refractivity contribution is -0.384. The normalized spacial score (nSPS) is 19.9. The van der Waals surface area contributed by atoms with Gasteiger partial charge >= 0.3 is 0 Å². The Kier molecular flexibility index (Phi) is 7.11. The van der Waals surface area contributed by atoms with Gasteiger partial charge in [0, 0.05) is 70.2 Å². The van der Waals surface area contributed by atoms with Crippen molar-refractivity contribution in [1.29, 1.82) is 0 Å². The number of piperidine rings is 1. The molecule has 1 atom stereocenters. The molecule has 0 radical (unpaired) electrons. The highest BCUT2D eigenvalue weighted by molar-refractivity contribution is 5.91. The molecule has 1 aromatic carbocycles. The Bertz CT molecular complexity index is 940. The second kappa shape index (κ2) is 10.4. The Morgan fingerprint density at radius 1 is 1.09 bits per heavy atom. The maximum Gasteiger partial charge on any atom is 0.269 e. The fourth-order valence-electron chi connectivity index (χ4n) is 4.46. The molecule has 168 valence electrons. The molecule has 0 bridgehead atoms. The van der Waals surface area contributed by atoms with E-state index in [1.54, 1.807) is 24.3 Å². The molecule has 1 unspecified atom stereocenters. The van der Waals surface area contributed by atoms with Crippen molar-refractivity contribution in [2.75, 3.05) is 50.7 Å². The van der Waals surface area contributed by atoms with E-state index in [9.17, 15) is 14.9 Å². The number of hydrogen-bond acceptors (Lipinski definition) is 6. The van der Waals surface area contributed by atoms with Gasteiger partial charge in [0.15, 0.2) is 0 Å². The molecule has 4 rings (SSSR count). The molecule has 2 aliphatic heterocycles. The first-order valence-electron chi connectivity index (χ1n) is 11.2. The number of carbonyl (C=O) groups excluding carboxylic acids is 1. The zero-order valence-electron chi connectivity index (χ0n) is 18.2. The van der Waals surface area contributed by atoms with Crippen LogP contribution in [0.1, 0.15) is 18.4 Å². The summed E-state index contributed by atoms with van der Waals surface area (Å²) in [6.07, 6.45) is 7.32. The number of amides is 1. The predicted molar refractivity (Wildman–Crippen MR) is 124 cm³/mol. The standard InChI is InChI=1S/C24H29N5O3/c30-24(11-8-20-6-9-22(10-7-20)29(31)32)28-13-3-4-21(19-28)18-26-14-16-27(17-15-26)23-5-1-2-12-25-23/h1-2,5-12,21H,3-4,13-19H2/b11-8+. The van der Waals surface area contributed by atoms with Crippen LogP contribution in [0.5, 0.6) is 0 Å². The summed E-state index contributed by atoms with van der Waals surface area (Å²) in [5.41, 5.74) is 0.830. The number of benzene rings is 1. The fourth-order valence-corrected chi connectivity index (χ4v) is 4.46. The van der Waals surface area contributed by atoms with Crippen LogP contribution in [-0.2, 0) is 4.79 Å². The van der Waals surface area contributed by atoms with E-state index in [4.69, 9.17) is 0 Å². The highest BCUT2D eigenvalue weighted by Gasteiger charge is 2.26. The molecular formula is C24H29N5O3. The monoisotopic (exact) mass is 435 g/mol. The average molecular weight is 436 g/mol. The number of nitro groups is 1. The molecule has 0 spiro atoms. The van der Waals surface area contributed by atoms with E-state index < -0.39 is 4.92 Å². The minimum Gasteiger partial charge on any atom is -0.354 e. The maximum absolute atomic E-state index is 12.7. The van der Waals surface area contributed by atoms with Crippen molar-refractivity contribution in [3.63, 3.8) is 0 Å². The zero-order chi connectivity index (χ0) is 22.3. The molecule has 2 aliphatic rings. The molecule has 8 heteroatoms. The Morgan fingerprint density at radius 2 is 1.88 bits per heavy atom. The van der Waals surface area contributed by atoms with E-state index in [-0.39, 0.29) is 11.6 Å². The van der Waals surface area contributed by atoms with Gasteiger partial charge < -0.3 is 9.80 Å². The summed E-state index contributed by atoms with van der Waals surface area (Å²) in [5.74, 6) is 1.54. The highest BCUT2D eigenvalue weighted by atomic mass is 16.6. The molecule has 3 heterocycles. The van der Waals surface area contributed by atoms with Crippen LogP contribution in [-0.4, -0.2) is 71.4 Å². The first kappa shape index (κ1) is 22.0. The van der Waals surface area contributed by atoms with E-state index in [0.717, 1.165) is 70.0 Å². The van der Waals surface area contributed by atoms with Crippen molar-refractivity contribution < 1.29 is 9.72 Å². The van der Waals surface area contributed by atoms with Crippen LogP contribution in [0, 0.1) is 16.0 Å². The van der Waals surface area contributed by atoms with Gasteiger partial charge in [-0.1, -0.05) is 6.07 Å². The summed E-state index contributed by atoms with van der Waals surface area (Å²) in [6.45, 7) is 6.57. The molecule has 0 N–H and O–H groups in total. The van der Waals surface area contributed by atoms with Crippen molar-refractivity contribution in [2.24, 2.45) is 5.92 Å².